The zero-order valence-electron chi connectivity index (χ0n) is 18.6. The SMILES string of the molecule is CN(CCNC(=O)c1ccc(C(=O)NCCN(C)c2ccccc2)cc1)c1ccccc1. The van der Waals surface area contributed by atoms with Gasteiger partial charge in [0.2, 0.25) is 0 Å². The van der Waals surface area contributed by atoms with E-state index in [4.69, 9.17) is 0 Å². The van der Waals surface area contributed by atoms with E-state index >= 15 is 0 Å². The van der Waals surface area contributed by atoms with E-state index < -0.39 is 0 Å². The van der Waals surface area contributed by atoms with E-state index in [2.05, 4.69) is 20.4 Å². The van der Waals surface area contributed by atoms with Crippen molar-refractivity contribution in [1.29, 1.82) is 0 Å². The minimum Gasteiger partial charge on any atom is -0.373 e. The van der Waals surface area contributed by atoms with Crippen molar-refractivity contribution in [2.24, 2.45) is 0 Å². The third-order valence-electron chi connectivity index (χ3n) is 5.27. The fourth-order valence-corrected chi connectivity index (χ4v) is 3.27. The molecule has 0 fully saturated rings. The van der Waals surface area contributed by atoms with Crippen LogP contribution in [-0.4, -0.2) is 52.1 Å². The van der Waals surface area contributed by atoms with Crippen LogP contribution < -0.4 is 20.4 Å². The van der Waals surface area contributed by atoms with Crippen LogP contribution in [0.15, 0.2) is 84.9 Å². The molecule has 0 aliphatic carbocycles. The van der Waals surface area contributed by atoms with Gasteiger partial charge in [-0.2, -0.15) is 0 Å². The van der Waals surface area contributed by atoms with Crippen molar-refractivity contribution in [3.8, 4) is 0 Å². The summed E-state index contributed by atoms with van der Waals surface area (Å²) >= 11 is 0. The Hall–Kier alpha value is -3.80. The molecule has 6 heteroatoms. The van der Waals surface area contributed by atoms with Crippen molar-refractivity contribution in [2.45, 2.75) is 0 Å². The Bertz CT molecular complexity index is 909. The molecule has 0 bridgehead atoms. The smallest absolute Gasteiger partial charge is 0.251 e. The summed E-state index contributed by atoms with van der Waals surface area (Å²) in [6.45, 7) is 2.46. The summed E-state index contributed by atoms with van der Waals surface area (Å²) in [6, 6.07) is 26.8. The number of benzene rings is 3. The van der Waals surface area contributed by atoms with Crippen molar-refractivity contribution in [3.05, 3.63) is 96.1 Å². The van der Waals surface area contributed by atoms with Crippen molar-refractivity contribution < 1.29 is 9.59 Å². The van der Waals surface area contributed by atoms with Crippen LogP contribution in [0.2, 0.25) is 0 Å². The molecule has 0 aliphatic rings. The van der Waals surface area contributed by atoms with E-state index in [1.54, 1.807) is 24.3 Å². The molecule has 2 N–H and O–H groups in total. The molecule has 0 spiro atoms. The molecule has 2 amide bonds. The van der Waals surface area contributed by atoms with Crippen molar-refractivity contribution >= 4 is 23.2 Å². The van der Waals surface area contributed by atoms with Crippen LogP contribution in [0.1, 0.15) is 20.7 Å². The Morgan fingerprint density at radius 1 is 0.594 bits per heavy atom. The summed E-state index contributed by atoms with van der Waals surface area (Å²) in [7, 11) is 3.99. The van der Waals surface area contributed by atoms with Crippen LogP contribution in [0.4, 0.5) is 11.4 Å². The van der Waals surface area contributed by atoms with E-state index in [9.17, 15) is 9.59 Å². The molecular formula is C26H30N4O2. The van der Waals surface area contributed by atoms with Gasteiger partial charge in [0.25, 0.3) is 11.8 Å². The van der Waals surface area contributed by atoms with Crippen LogP contribution in [0.5, 0.6) is 0 Å². The standard InChI is InChI=1S/C26H30N4O2/c1-29(23-9-5-3-6-10-23)19-17-27-25(31)21-13-15-22(16-14-21)26(32)28-18-20-30(2)24-11-7-4-8-12-24/h3-16H,17-20H2,1-2H3,(H,27,31)(H,28,32). The molecule has 0 saturated heterocycles. The molecule has 3 rings (SSSR count). The number of carbonyl (C=O) groups excluding carboxylic acids is 2. The summed E-state index contributed by atoms with van der Waals surface area (Å²) in [4.78, 5) is 29.0. The van der Waals surface area contributed by atoms with Gasteiger partial charge in [0.1, 0.15) is 0 Å². The number of likely N-dealkylation sites (N-methyl/N-ethyl adjacent to an activating group) is 2. The Morgan fingerprint density at radius 3 is 1.28 bits per heavy atom. The molecule has 0 atom stereocenters. The highest BCUT2D eigenvalue weighted by Crippen LogP contribution is 2.11. The molecule has 32 heavy (non-hydrogen) atoms. The monoisotopic (exact) mass is 430 g/mol. The lowest BCUT2D eigenvalue weighted by Crippen LogP contribution is -2.33. The van der Waals surface area contributed by atoms with Gasteiger partial charge in [-0.3, -0.25) is 9.59 Å². The van der Waals surface area contributed by atoms with Crippen LogP contribution in [0, 0.1) is 0 Å². The first-order valence-corrected chi connectivity index (χ1v) is 10.7. The highest BCUT2D eigenvalue weighted by atomic mass is 16.2. The number of amides is 2. The molecule has 0 aromatic heterocycles. The highest BCUT2D eigenvalue weighted by Gasteiger charge is 2.09. The Morgan fingerprint density at radius 2 is 0.938 bits per heavy atom. The minimum absolute atomic E-state index is 0.150. The van der Waals surface area contributed by atoms with E-state index in [0.29, 0.717) is 37.3 Å². The number of anilines is 2. The van der Waals surface area contributed by atoms with Gasteiger partial charge in [-0.15, -0.1) is 0 Å². The van der Waals surface area contributed by atoms with Gasteiger partial charge in [0.05, 0.1) is 0 Å². The summed E-state index contributed by atoms with van der Waals surface area (Å²) in [5.74, 6) is -0.300. The van der Waals surface area contributed by atoms with E-state index in [0.717, 1.165) is 11.4 Å². The average molecular weight is 431 g/mol. The maximum Gasteiger partial charge on any atom is 0.251 e. The fraction of sp³-hybridized carbons (Fsp3) is 0.231. The largest absolute Gasteiger partial charge is 0.373 e. The van der Waals surface area contributed by atoms with Gasteiger partial charge >= 0.3 is 0 Å². The number of carbonyl (C=O) groups is 2. The summed E-state index contributed by atoms with van der Waals surface area (Å²) in [6.07, 6.45) is 0. The molecular weight excluding hydrogens is 400 g/mol. The minimum atomic E-state index is -0.150. The van der Waals surface area contributed by atoms with E-state index in [1.807, 2.05) is 74.8 Å². The number of hydrogen-bond donors (Lipinski definition) is 2. The number of nitrogens with zero attached hydrogens (tertiary/aromatic N) is 2. The topological polar surface area (TPSA) is 64.7 Å². The summed E-state index contributed by atoms with van der Waals surface area (Å²) in [5, 5.41) is 5.85. The third-order valence-corrected chi connectivity index (χ3v) is 5.27. The van der Waals surface area contributed by atoms with Gasteiger partial charge in [-0.1, -0.05) is 36.4 Å². The number of nitrogens with one attached hydrogen (secondary N) is 2. The molecule has 0 saturated carbocycles. The zero-order chi connectivity index (χ0) is 22.8. The van der Waals surface area contributed by atoms with E-state index in [-0.39, 0.29) is 11.8 Å². The second-order valence-electron chi connectivity index (χ2n) is 7.60. The van der Waals surface area contributed by atoms with Crippen LogP contribution in [0.25, 0.3) is 0 Å². The lowest BCUT2D eigenvalue weighted by Gasteiger charge is -2.19. The highest BCUT2D eigenvalue weighted by molar-refractivity contribution is 5.97. The molecule has 166 valence electrons. The first-order valence-electron chi connectivity index (χ1n) is 10.7. The second-order valence-corrected chi connectivity index (χ2v) is 7.60. The number of rotatable bonds is 10. The fourth-order valence-electron chi connectivity index (χ4n) is 3.27. The normalized spacial score (nSPS) is 10.3. The zero-order valence-corrected chi connectivity index (χ0v) is 18.6. The Balaban J connectivity index is 1.41. The lowest BCUT2D eigenvalue weighted by molar-refractivity contribution is 0.0943. The van der Waals surface area contributed by atoms with Crippen LogP contribution >= 0.6 is 0 Å². The maximum absolute atomic E-state index is 12.4. The summed E-state index contributed by atoms with van der Waals surface area (Å²) < 4.78 is 0. The number of para-hydroxylation sites is 2. The molecule has 0 radical (unpaired) electrons. The predicted molar refractivity (Wildman–Crippen MR) is 131 cm³/mol. The summed E-state index contributed by atoms with van der Waals surface area (Å²) in [5.41, 5.74) is 3.28. The van der Waals surface area contributed by atoms with Crippen LogP contribution in [-0.2, 0) is 0 Å². The van der Waals surface area contributed by atoms with Crippen LogP contribution in [0.3, 0.4) is 0 Å². The third kappa shape index (κ3) is 6.60. The average Bonchev–Trinajstić information content (AvgIpc) is 2.85. The van der Waals surface area contributed by atoms with Crippen molar-refractivity contribution in [2.75, 3.05) is 50.1 Å². The van der Waals surface area contributed by atoms with E-state index in [1.165, 1.54) is 0 Å². The maximum atomic E-state index is 12.4. The molecule has 3 aromatic carbocycles. The Labute approximate surface area is 189 Å². The van der Waals surface area contributed by atoms with Gasteiger partial charge in [-0.05, 0) is 48.5 Å². The molecule has 0 heterocycles. The Kier molecular flexibility index (Phi) is 8.26. The molecule has 0 unspecified atom stereocenters. The van der Waals surface area contributed by atoms with Gasteiger partial charge in [-0.25, -0.2) is 0 Å². The quantitative estimate of drug-likeness (QED) is 0.517. The van der Waals surface area contributed by atoms with Crippen molar-refractivity contribution in [1.82, 2.24) is 10.6 Å². The first kappa shape index (κ1) is 22.9. The number of hydrogen-bond acceptors (Lipinski definition) is 4. The molecule has 0 aliphatic heterocycles. The van der Waals surface area contributed by atoms with Gasteiger partial charge in [0.15, 0.2) is 0 Å². The molecule has 3 aromatic rings. The molecule has 6 nitrogen and oxygen atoms in total. The first-order chi connectivity index (χ1) is 15.5. The lowest BCUT2D eigenvalue weighted by atomic mass is 10.1. The van der Waals surface area contributed by atoms with Crippen molar-refractivity contribution in [3.63, 3.8) is 0 Å². The second kappa shape index (κ2) is 11.6. The van der Waals surface area contributed by atoms with Gasteiger partial charge < -0.3 is 20.4 Å². The predicted octanol–water partition coefficient (Wildman–Crippen LogP) is 3.42. The van der Waals surface area contributed by atoms with Gasteiger partial charge in [0, 0.05) is 62.8 Å².